The second-order valence-corrected chi connectivity index (χ2v) is 6.42. The first kappa shape index (κ1) is 14.2. The van der Waals surface area contributed by atoms with E-state index in [4.69, 9.17) is 16.3 Å². The summed E-state index contributed by atoms with van der Waals surface area (Å²) < 4.78 is 5.73. The van der Waals surface area contributed by atoms with Crippen molar-refractivity contribution in [1.29, 1.82) is 0 Å². The van der Waals surface area contributed by atoms with Gasteiger partial charge in [-0.25, -0.2) is 0 Å². The highest BCUT2D eigenvalue weighted by molar-refractivity contribution is 7.99. The summed E-state index contributed by atoms with van der Waals surface area (Å²) in [7, 11) is 0. The zero-order valence-electron chi connectivity index (χ0n) is 10.9. The number of thioether (sulfide) groups is 1. The van der Waals surface area contributed by atoms with Crippen LogP contribution in [0.15, 0.2) is 29.2 Å². The van der Waals surface area contributed by atoms with Gasteiger partial charge in [-0.3, -0.25) is 4.90 Å². The first-order chi connectivity index (χ1) is 8.63. The Hall–Kier alpha value is -0.220. The summed E-state index contributed by atoms with van der Waals surface area (Å²) in [6.45, 7) is 7.51. The predicted molar refractivity (Wildman–Crippen MR) is 78.6 cm³/mol. The lowest BCUT2D eigenvalue weighted by molar-refractivity contribution is -0.0661. The monoisotopic (exact) mass is 285 g/mol. The van der Waals surface area contributed by atoms with Gasteiger partial charge in [-0.15, -0.1) is 11.8 Å². The Kier molecular flexibility index (Phi) is 5.37. The highest BCUT2D eigenvalue weighted by Crippen LogP contribution is 2.21. The molecule has 1 aromatic carbocycles. The van der Waals surface area contributed by atoms with Crippen LogP contribution in [-0.2, 0) is 4.74 Å². The van der Waals surface area contributed by atoms with Crippen molar-refractivity contribution in [2.75, 3.05) is 25.4 Å². The summed E-state index contributed by atoms with van der Waals surface area (Å²) in [4.78, 5) is 3.77. The highest BCUT2D eigenvalue weighted by Gasteiger charge is 2.21. The molecule has 4 heteroatoms. The fourth-order valence-electron chi connectivity index (χ4n) is 2.29. The van der Waals surface area contributed by atoms with Crippen molar-refractivity contribution in [2.45, 2.75) is 31.0 Å². The number of morpholine rings is 1. The number of ether oxygens (including phenoxy) is 1. The van der Waals surface area contributed by atoms with Crippen LogP contribution < -0.4 is 0 Å². The van der Waals surface area contributed by atoms with E-state index in [1.165, 1.54) is 4.90 Å². The van der Waals surface area contributed by atoms with Crippen molar-refractivity contribution in [3.05, 3.63) is 29.3 Å². The fourth-order valence-corrected chi connectivity index (χ4v) is 3.33. The summed E-state index contributed by atoms with van der Waals surface area (Å²) in [5, 5.41) is 0.801. The maximum atomic E-state index is 5.87. The van der Waals surface area contributed by atoms with Gasteiger partial charge in [0.15, 0.2) is 0 Å². The minimum absolute atomic E-state index is 0.356. The first-order valence-electron chi connectivity index (χ1n) is 6.39. The summed E-state index contributed by atoms with van der Waals surface area (Å²) in [6.07, 6.45) is 0.712. The van der Waals surface area contributed by atoms with Crippen LogP contribution in [0, 0.1) is 0 Å². The fraction of sp³-hybridized carbons (Fsp3) is 0.571. The number of halogens is 1. The molecule has 0 unspecified atom stereocenters. The Balaban J connectivity index is 1.73. The topological polar surface area (TPSA) is 12.5 Å². The molecule has 1 aromatic rings. The van der Waals surface area contributed by atoms with Crippen LogP contribution in [0.3, 0.4) is 0 Å². The van der Waals surface area contributed by atoms with Crippen LogP contribution in [0.5, 0.6) is 0 Å². The van der Waals surface area contributed by atoms with Crippen LogP contribution in [0.25, 0.3) is 0 Å². The zero-order valence-corrected chi connectivity index (χ0v) is 12.5. The summed E-state index contributed by atoms with van der Waals surface area (Å²) in [6, 6.07) is 8.06. The number of rotatable bonds is 4. The Bertz CT molecular complexity index is 361. The van der Waals surface area contributed by atoms with E-state index in [1.807, 2.05) is 23.9 Å². The van der Waals surface area contributed by atoms with E-state index in [-0.39, 0.29) is 0 Å². The lowest BCUT2D eigenvalue weighted by Crippen LogP contribution is -2.46. The maximum Gasteiger partial charge on any atom is 0.0678 e. The quantitative estimate of drug-likeness (QED) is 0.785. The van der Waals surface area contributed by atoms with E-state index in [0.29, 0.717) is 12.2 Å². The molecule has 1 heterocycles. The molecule has 0 N–H and O–H groups in total. The van der Waals surface area contributed by atoms with Gasteiger partial charge < -0.3 is 4.74 Å². The minimum atomic E-state index is 0.356. The second kappa shape index (κ2) is 6.80. The molecule has 2 nitrogen and oxygen atoms in total. The zero-order chi connectivity index (χ0) is 13.0. The first-order valence-corrected chi connectivity index (χ1v) is 7.76. The van der Waals surface area contributed by atoms with E-state index in [9.17, 15) is 0 Å². The van der Waals surface area contributed by atoms with Crippen LogP contribution in [0.4, 0.5) is 0 Å². The normalized spacial score (nSPS) is 25.3. The maximum absolute atomic E-state index is 5.87. The molecule has 0 bridgehead atoms. The summed E-state index contributed by atoms with van der Waals surface area (Å²) >= 11 is 7.75. The third-order valence-electron chi connectivity index (χ3n) is 2.99. The third kappa shape index (κ3) is 4.47. The van der Waals surface area contributed by atoms with Crippen molar-refractivity contribution in [1.82, 2.24) is 4.90 Å². The average molecular weight is 286 g/mol. The van der Waals surface area contributed by atoms with Gasteiger partial charge in [0, 0.05) is 35.3 Å². The van der Waals surface area contributed by atoms with Crippen molar-refractivity contribution in [2.24, 2.45) is 0 Å². The number of nitrogens with zero attached hydrogens (tertiary/aromatic N) is 1. The standard InChI is InChI=1S/C14H20ClNOS/c1-11-9-16(10-12(2)17-11)7-8-18-14-5-3-13(15)4-6-14/h3-6,11-12H,7-10H2,1-2H3/t11-,12+. The third-order valence-corrected chi connectivity index (χ3v) is 4.23. The molecule has 2 rings (SSSR count). The molecule has 0 radical (unpaired) electrons. The molecule has 0 aromatic heterocycles. The van der Waals surface area contributed by atoms with Gasteiger partial charge in [0.1, 0.15) is 0 Å². The van der Waals surface area contributed by atoms with Crippen molar-refractivity contribution in [3.8, 4) is 0 Å². The van der Waals surface area contributed by atoms with Gasteiger partial charge in [0.05, 0.1) is 12.2 Å². The van der Waals surface area contributed by atoms with Crippen molar-refractivity contribution in [3.63, 3.8) is 0 Å². The molecular weight excluding hydrogens is 266 g/mol. The largest absolute Gasteiger partial charge is 0.373 e. The van der Waals surface area contributed by atoms with Crippen molar-refractivity contribution >= 4 is 23.4 Å². The lowest BCUT2D eigenvalue weighted by Gasteiger charge is -2.35. The van der Waals surface area contributed by atoms with E-state index < -0.39 is 0 Å². The van der Waals surface area contributed by atoms with Gasteiger partial charge in [0.2, 0.25) is 0 Å². The van der Waals surface area contributed by atoms with Crippen molar-refractivity contribution < 1.29 is 4.74 Å². The Labute approximate surface area is 119 Å². The van der Waals surface area contributed by atoms with Gasteiger partial charge in [-0.2, -0.15) is 0 Å². The van der Waals surface area contributed by atoms with Gasteiger partial charge in [-0.1, -0.05) is 11.6 Å². The molecule has 0 spiro atoms. The number of hydrogen-bond acceptors (Lipinski definition) is 3. The molecule has 0 amide bonds. The molecule has 1 saturated heterocycles. The molecule has 18 heavy (non-hydrogen) atoms. The molecule has 0 aliphatic carbocycles. The molecule has 1 aliphatic heterocycles. The smallest absolute Gasteiger partial charge is 0.0678 e. The highest BCUT2D eigenvalue weighted by atomic mass is 35.5. The molecule has 2 atom stereocenters. The van der Waals surface area contributed by atoms with Crippen LogP contribution in [0.2, 0.25) is 5.02 Å². The second-order valence-electron chi connectivity index (χ2n) is 4.82. The van der Waals surface area contributed by atoms with Gasteiger partial charge >= 0.3 is 0 Å². The Morgan fingerprint density at radius 3 is 2.44 bits per heavy atom. The molecule has 0 saturated carbocycles. The Morgan fingerprint density at radius 2 is 1.83 bits per heavy atom. The predicted octanol–water partition coefficient (Wildman–Crippen LogP) is 3.54. The average Bonchev–Trinajstić information content (AvgIpc) is 2.30. The van der Waals surface area contributed by atoms with E-state index in [2.05, 4.69) is 30.9 Å². The van der Waals surface area contributed by atoms with Crippen LogP contribution >= 0.6 is 23.4 Å². The molecule has 100 valence electrons. The SMILES string of the molecule is C[C@@H]1CN(CCSc2ccc(Cl)cc2)C[C@H](C)O1. The molecule has 1 aliphatic rings. The summed E-state index contributed by atoms with van der Waals surface area (Å²) in [5.74, 6) is 1.11. The van der Waals surface area contributed by atoms with Crippen LogP contribution in [-0.4, -0.2) is 42.5 Å². The lowest BCUT2D eigenvalue weighted by atomic mass is 10.2. The minimum Gasteiger partial charge on any atom is -0.373 e. The van der Waals surface area contributed by atoms with E-state index in [0.717, 1.165) is 30.4 Å². The van der Waals surface area contributed by atoms with Crippen LogP contribution in [0.1, 0.15) is 13.8 Å². The van der Waals surface area contributed by atoms with E-state index >= 15 is 0 Å². The molecular formula is C14H20ClNOS. The van der Waals surface area contributed by atoms with E-state index in [1.54, 1.807) is 0 Å². The Morgan fingerprint density at radius 1 is 1.22 bits per heavy atom. The van der Waals surface area contributed by atoms with Gasteiger partial charge in [0.25, 0.3) is 0 Å². The van der Waals surface area contributed by atoms with Gasteiger partial charge in [-0.05, 0) is 38.1 Å². The number of hydrogen-bond donors (Lipinski definition) is 0. The summed E-state index contributed by atoms with van der Waals surface area (Å²) in [5.41, 5.74) is 0. The number of benzene rings is 1. The molecule has 1 fully saturated rings.